The number of allylic oxidation sites excluding steroid dienone is 1. The van der Waals surface area contributed by atoms with E-state index in [1.54, 1.807) is 19.9 Å². The number of hydrogen-bond acceptors (Lipinski definition) is 1. The highest BCUT2D eigenvalue weighted by Gasteiger charge is 2.31. The molecule has 0 aliphatic heterocycles. The second-order valence-electron chi connectivity index (χ2n) is 3.05. The van der Waals surface area contributed by atoms with Gasteiger partial charge in [-0.1, -0.05) is 13.0 Å². The minimum Gasteiger partial charge on any atom is -0.481 e. The predicted octanol–water partition coefficient (Wildman–Crippen LogP) is 1.92. The van der Waals surface area contributed by atoms with Gasteiger partial charge in [0.15, 0.2) is 0 Å². The minimum atomic E-state index is -0.778. The Kier molecular flexibility index (Phi) is 2.64. The molecule has 1 atom stereocenters. The van der Waals surface area contributed by atoms with Gasteiger partial charge >= 0.3 is 5.97 Å². The lowest BCUT2D eigenvalue weighted by atomic mass is 9.80. The fourth-order valence-corrected chi connectivity index (χ4v) is 0.489. The summed E-state index contributed by atoms with van der Waals surface area (Å²) in [5.74, 6) is -0.773. The summed E-state index contributed by atoms with van der Waals surface area (Å²) in [5, 5.41) is 8.70. The number of aliphatic carboxylic acids is 1. The van der Waals surface area contributed by atoms with Crippen molar-refractivity contribution in [3.63, 3.8) is 0 Å². The third kappa shape index (κ3) is 1.59. The van der Waals surface area contributed by atoms with Crippen LogP contribution in [0.3, 0.4) is 0 Å². The second-order valence-corrected chi connectivity index (χ2v) is 3.05. The van der Waals surface area contributed by atoms with Crippen molar-refractivity contribution in [2.75, 3.05) is 0 Å². The van der Waals surface area contributed by atoms with Crippen LogP contribution >= 0.6 is 0 Å². The maximum Gasteiger partial charge on any atom is 0.309 e. The van der Waals surface area contributed by atoms with Crippen LogP contribution in [0.4, 0.5) is 0 Å². The molecule has 0 radical (unpaired) electrons. The molecule has 0 saturated heterocycles. The van der Waals surface area contributed by atoms with Crippen molar-refractivity contribution in [3.05, 3.63) is 12.7 Å². The van der Waals surface area contributed by atoms with E-state index in [-0.39, 0.29) is 5.92 Å². The van der Waals surface area contributed by atoms with Crippen LogP contribution in [0.25, 0.3) is 0 Å². The number of hydrogen-bond donors (Lipinski definition) is 1. The Bertz CT molecular complexity index is 147. The maximum atomic E-state index is 10.6. The number of carboxylic acids is 1. The molecule has 0 amide bonds. The third-order valence-electron chi connectivity index (χ3n) is 2.04. The Morgan fingerprint density at radius 1 is 1.70 bits per heavy atom. The quantitative estimate of drug-likeness (QED) is 0.611. The Balaban J connectivity index is 4.38. The van der Waals surface area contributed by atoms with Crippen molar-refractivity contribution in [1.82, 2.24) is 0 Å². The lowest BCUT2D eigenvalue weighted by Crippen LogP contribution is -2.29. The fraction of sp³-hybridized carbons (Fsp3) is 0.625. The molecule has 2 heteroatoms. The molecule has 10 heavy (non-hydrogen) atoms. The Morgan fingerprint density at radius 3 is 2.20 bits per heavy atom. The molecule has 1 unspecified atom stereocenters. The third-order valence-corrected chi connectivity index (χ3v) is 2.04. The van der Waals surface area contributed by atoms with E-state index in [0.717, 1.165) is 0 Å². The molecule has 0 bridgehead atoms. The molecule has 0 rings (SSSR count). The van der Waals surface area contributed by atoms with Crippen LogP contribution in [-0.4, -0.2) is 11.1 Å². The zero-order chi connectivity index (χ0) is 8.36. The predicted molar refractivity (Wildman–Crippen MR) is 40.8 cm³/mol. The highest BCUT2D eigenvalue weighted by atomic mass is 16.4. The molecule has 0 spiro atoms. The summed E-state index contributed by atoms with van der Waals surface area (Å²) in [6.45, 7) is 8.79. The van der Waals surface area contributed by atoms with E-state index >= 15 is 0 Å². The molecular weight excluding hydrogens is 128 g/mol. The Labute approximate surface area is 61.6 Å². The van der Waals surface area contributed by atoms with Gasteiger partial charge in [0.25, 0.3) is 0 Å². The smallest absolute Gasteiger partial charge is 0.309 e. The van der Waals surface area contributed by atoms with Crippen LogP contribution in [0, 0.1) is 11.3 Å². The van der Waals surface area contributed by atoms with Crippen molar-refractivity contribution < 1.29 is 9.90 Å². The largest absolute Gasteiger partial charge is 0.481 e. The topological polar surface area (TPSA) is 37.3 Å². The molecule has 58 valence electrons. The molecular formula is C8H14O2. The molecule has 0 heterocycles. The van der Waals surface area contributed by atoms with Crippen molar-refractivity contribution >= 4 is 5.97 Å². The summed E-state index contributed by atoms with van der Waals surface area (Å²) in [5.41, 5.74) is -0.693. The molecule has 0 aromatic rings. The monoisotopic (exact) mass is 142 g/mol. The first-order chi connectivity index (χ1) is 4.42. The van der Waals surface area contributed by atoms with E-state index in [9.17, 15) is 4.79 Å². The number of carboxylic acid groups (broad SMARTS) is 1. The summed E-state index contributed by atoms with van der Waals surface area (Å²) in [6.07, 6.45) is 1.66. The fourth-order valence-electron chi connectivity index (χ4n) is 0.489. The highest BCUT2D eigenvalue weighted by molar-refractivity contribution is 5.74. The normalized spacial score (nSPS) is 14.3. The van der Waals surface area contributed by atoms with E-state index in [1.807, 2.05) is 6.92 Å². The number of rotatable bonds is 3. The SMILES string of the molecule is C=CC(C)C(C)(C)C(=O)O. The molecule has 0 aromatic heterocycles. The lowest BCUT2D eigenvalue weighted by Gasteiger charge is -2.23. The summed E-state index contributed by atoms with van der Waals surface area (Å²) in [7, 11) is 0. The van der Waals surface area contributed by atoms with Crippen LogP contribution < -0.4 is 0 Å². The van der Waals surface area contributed by atoms with Gasteiger partial charge < -0.3 is 5.11 Å². The lowest BCUT2D eigenvalue weighted by molar-refractivity contribution is -0.148. The molecule has 0 aromatic carbocycles. The maximum absolute atomic E-state index is 10.6. The van der Waals surface area contributed by atoms with Gasteiger partial charge in [-0.05, 0) is 19.8 Å². The van der Waals surface area contributed by atoms with Gasteiger partial charge in [-0.25, -0.2) is 0 Å². The first-order valence-electron chi connectivity index (χ1n) is 3.29. The first-order valence-corrected chi connectivity index (χ1v) is 3.29. The zero-order valence-electron chi connectivity index (χ0n) is 6.72. The molecule has 0 aliphatic rings. The van der Waals surface area contributed by atoms with Crippen LogP contribution in [0.15, 0.2) is 12.7 Å². The molecule has 0 fully saturated rings. The molecule has 2 nitrogen and oxygen atoms in total. The van der Waals surface area contributed by atoms with Gasteiger partial charge in [0, 0.05) is 0 Å². The van der Waals surface area contributed by atoms with Gasteiger partial charge in [0.05, 0.1) is 5.41 Å². The average molecular weight is 142 g/mol. The summed E-state index contributed by atoms with van der Waals surface area (Å²) in [4.78, 5) is 10.6. The zero-order valence-corrected chi connectivity index (χ0v) is 6.72. The summed E-state index contributed by atoms with van der Waals surface area (Å²) < 4.78 is 0. The minimum absolute atomic E-state index is 0.00463. The molecule has 0 saturated carbocycles. The highest BCUT2D eigenvalue weighted by Crippen LogP contribution is 2.26. The van der Waals surface area contributed by atoms with Crippen LogP contribution in [0.5, 0.6) is 0 Å². The Hall–Kier alpha value is -0.790. The van der Waals surface area contributed by atoms with Gasteiger partial charge in [-0.15, -0.1) is 6.58 Å². The van der Waals surface area contributed by atoms with Crippen LogP contribution in [-0.2, 0) is 4.79 Å². The average Bonchev–Trinajstić information content (AvgIpc) is 1.86. The van der Waals surface area contributed by atoms with Gasteiger partial charge in [0.2, 0.25) is 0 Å². The van der Waals surface area contributed by atoms with E-state index in [4.69, 9.17) is 5.11 Å². The summed E-state index contributed by atoms with van der Waals surface area (Å²) >= 11 is 0. The van der Waals surface area contributed by atoms with Gasteiger partial charge in [-0.3, -0.25) is 4.79 Å². The standard InChI is InChI=1S/C8H14O2/c1-5-6(2)8(3,4)7(9)10/h5-6H,1H2,2-4H3,(H,9,10). The van der Waals surface area contributed by atoms with E-state index in [2.05, 4.69) is 6.58 Å². The summed E-state index contributed by atoms with van der Waals surface area (Å²) in [6, 6.07) is 0. The van der Waals surface area contributed by atoms with E-state index < -0.39 is 11.4 Å². The first kappa shape index (κ1) is 9.21. The van der Waals surface area contributed by atoms with Crippen molar-refractivity contribution in [3.8, 4) is 0 Å². The van der Waals surface area contributed by atoms with Crippen molar-refractivity contribution in [1.29, 1.82) is 0 Å². The van der Waals surface area contributed by atoms with Crippen molar-refractivity contribution in [2.45, 2.75) is 20.8 Å². The van der Waals surface area contributed by atoms with Crippen LogP contribution in [0.2, 0.25) is 0 Å². The second kappa shape index (κ2) is 2.86. The van der Waals surface area contributed by atoms with E-state index in [1.165, 1.54) is 0 Å². The van der Waals surface area contributed by atoms with Crippen molar-refractivity contribution in [2.24, 2.45) is 11.3 Å². The molecule has 0 aliphatic carbocycles. The van der Waals surface area contributed by atoms with Gasteiger partial charge in [-0.2, -0.15) is 0 Å². The molecule has 1 N–H and O–H groups in total. The number of carbonyl (C=O) groups is 1. The Morgan fingerprint density at radius 2 is 2.10 bits per heavy atom. The van der Waals surface area contributed by atoms with E-state index in [0.29, 0.717) is 0 Å². The van der Waals surface area contributed by atoms with Gasteiger partial charge in [0.1, 0.15) is 0 Å². The van der Waals surface area contributed by atoms with Crippen LogP contribution in [0.1, 0.15) is 20.8 Å².